The Bertz CT molecular complexity index is 606. The summed E-state index contributed by atoms with van der Waals surface area (Å²) in [7, 11) is 0. The molecule has 0 bridgehead atoms. The highest BCUT2D eigenvalue weighted by Crippen LogP contribution is 2.37. The number of nitriles is 1. The molecular weight excluding hydrogens is 290 g/mol. The second-order valence-electron chi connectivity index (χ2n) is 4.43. The standard InChI is InChI=1S/C14H14BrN3/c1-9(2)18-10(3)12(8-16)13(15)14(18)11-4-6-17-7-5-11/h4-7,9H,1-3H3. The Morgan fingerprint density at radius 1 is 1.33 bits per heavy atom. The minimum atomic E-state index is 0.298. The Labute approximate surface area is 115 Å². The van der Waals surface area contributed by atoms with Crippen molar-refractivity contribution in [2.45, 2.75) is 26.8 Å². The van der Waals surface area contributed by atoms with E-state index in [1.54, 1.807) is 12.4 Å². The van der Waals surface area contributed by atoms with Gasteiger partial charge in [-0.15, -0.1) is 0 Å². The van der Waals surface area contributed by atoms with Crippen molar-refractivity contribution in [1.82, 2.24) is 9.55 Å². The van der Waals surface area contributed by atoms with Crippen LogP contribution in [-0.4, -0.2) is 9.55 Å². The van der Waals surface area contributed by atoms with E-state index in [0.29, 0.717) is 11.6 Å². The Hall–Kier alpha value is -1.60. The molecule has 0 aliphatic heterocycles. The van der Waals surface area contributed by atoms with Gasteiger partial charge in [-0.05, 0) is 48.8 Å². The number of halogens is 1. The fourth-order valence-electron chi connectivity index (χ4n) is 2.22. The van der Waals surface area contributed by atoms with Crippen molar-refractivity contribution < 1.29 is 0 Å². The van der Waals surface area contributed by atoms with Crippen LogP contribution in [0.5, 0.6) is 0 Å². The first-order chi connectivity index (χ1) is 8.57. The molecule has 0 unspecified atom stereocenters. The summed E-state index contributed by atoms with van der Waals surface area (Å²) in [6.07, 6.45) is 3.53. The van der Waals surface area contributed by atoms with E-state index in [1.165, 1.54) is 0 Å². The highest BCUT2D eigenvalue weighted by molar-refractivity contribution is 9.10. The van der Waals surface area contributed by atoms with Gasteiger partial charge in [0.25, 0.3) is 0 Å². The van der Waals surface area contributed by atoms with Gasteiger partial charge in [0, 0.05) is 29.7 Å². The average Bonchev–Trinajstić information content (AvgIpc) is 2.61. The first-order valence-corrected chi connectivity index (χ1v) is 6.58. The van der Waals surface area contributed by atoms with E-state index in [4.69, 9.17) is 0 Å². The minimum Gasteiger partial charge on any atom is -0.340 e. The van der Waals surface area contributed by atoms with Crippen LogP contribution in [0.3, 0.4) is 0 Å². The molecule has 2 heterocycles. The largest absolute Gasteiger partial charge is 0.340 e. The highest BCUT2D eigenvalue weighted by Gasteiger charge is 2.21. The first-order valence-electron chi connectivity index (χ1n) is 5.78. The predicted molar refractivity (Wildman–Crippen MR) is 75.2 cm³/mol. The van der Waals surface area contributed by atoms with Crippen molar-refractivity contribution in [3.8, 4) is 17.3 Å². The molecule has 2 aromatic heterocycles. The third-order valence-electron chi connectivity index (χ3n) is 2.97. The van der Waals surface area contributed by atoms with Gasteiger partial charge in [-0.2, -0.15) is 5.26 Å². The van der Waals surface area contributed by atoms with E-state index < -0.39 is 0 Å². The summed E-state index contributed by atoms with van der Waals surface area (Å²) >= 11 is 3.55. The molecule has 2 aromatic rings. The molecule has 0 N–H and O–H groups in total. The van der Waals surface area contributed by atoms with E-state index >= 15 is 0 Å². The molecule has 0 aromatic carbocycles. The number of hydrogen-bond donors (Lipinski definition) is 0. The van der Waals surface area contributed by atoms with Gasteiger partial charge in [-0.25, -0.2) is 0 Å². The molecule has 0 atom stereocenters. The average molecular weight is 304 g/mol. The van der Waals surface area contributed by atoms with Gasteiger partial charge < -0.3 is 4.57 Å². The fraction of sp³-hybridized carbons (Fsp3) is 0.286. The Morgan fingerprint density at radius 3 is 2.44 bits per heavy atom. The summed E-state index contributed by atoms with van der Waals surface area (Å²) in [5.41, 5.74) is 3.80. The molecule has 92 valence electrons. The van der Waals surface area contributed by atoms with Crippen LogP contribution >= 0.6 is 15.9 Å². The summed E-state index contributed by atoms with van der Waals surface area (Å²) in [4.78, 5) is 4.03. The van der Waals surface area contributed by atoms with Gasteiger partial charge >= 0.3 is 0 Å². The monoisotopic (exact) mass is 303 g/mol. The molecule has 0 saturated carbocycles. The van der Waals surface area contributed by atoms with Crippen molar-refractivity contribution in [3.63, 3.8) is 0 Å². The lowest BCUT2D eigenvalue weighted by molar-refractivity contribution is 0.594. The first kappa shape index (κ1) is 12.8. The molecule has 0 saturated heterocycles. The SMILES string of the molecule is Cc1c(C#N)c(Br)c(-c2ccncc2)n1C(C)C. The predicted octanol–water partition coefficient (Wildman–Crippen LogP) is 4.07. The smallest absolute Gasteiger partial charge is 0.102 e. The Morgan fingerprint density at radius 2 is 1.94 bits per heavy atom. The van der Waals surface area contributed by atoms with Crippen LogP contribution in [0.4, 0.5) is 0 Å². The van der Waals surface area contributed by atoms with Gasteiger partial charge in [0.05, 0.1) is 15.7 Å². The van der Waals surface area contributed by atoms with Crippen LogP contribution in [0, 0.1) is 18.3 Å². The molecule has 18 heavy (non-hydrogen) atoms. The van der Waals surface area contributed by atoms with Crippen molar-refractivity contribution in [2.75, 3.05) is 0 Å². The van der Waals surface area contributed by atoms with Crippen molar-refractivity contribution >= 4 is 15.9 Å². The maximum absolute atomic E-state index is 9.26. The molecular formula is C14H14BrN3. The second-order valence-corrected chi connectivity index (χ2v) is 5.23. The third kappa shape index (κ3) is 1.95. The second kappa shape index (κ2) is 4.95. The van der Waals surface area contributed by atoms with Gasteiger partial charge in [-0.1, -0.05) is 0 Å². The quantitative estimate of drug-likeness (QED) is 0.839. The number of nitrogens with zero attached hydrogens (tertiary/aromatic N) is 3. The van der Waals surface area contributed by atoms with Crippen molar-refractivity contribution in [1.29, 1.82) is 5.26 Å². The van der Waals surface area contributed by atoms with Gasteiger partial charge in [0.1, 0.15) is 6.07 Å². The lowest BCUT2D eigenvalue weighted by Gasteiger charge is -2.15. The summed E-state index contributed by atoms with van der Waals surface area (Å²) in [6.45, 7) is 6.21. The van der Waals surface area contributed by atoms with E-state index in [0.717, 1.165) is 21.4 Å². The lowest BCUT2D eigenvalue weighted by Crippen LogP contribution is -2.05. The van der Waals surface area contributed by atoms with Crippen LogP contribution in [0.25, 0.3) is 11.3 Å². The van der Waals surface area contributed by atoms with Crippen LogP contribution < -0.4 is 0 Å². The maximum atomic E-state index is 9.26. The van der Waals surface area contributed by atoms with Crippen molar-refractivity contribution in [2.24, 2.45) is 0 Å². The molecule has 0 amide bonds. The van der Waals surface area contributed by atoms with E-state index in [9.17, 15) is 5.26 Å². The third-order valence-corrected chi connectivity index (χ3v) is 3.75. The number of pyridine rings is 1. The van der Waals surface area contributed by atoms with Crippen molar-refractivity contribution in [3.05, 3.63) is 40.3 Å². The number of rotatable bonds is 2. The van der Waals surface area contributed by atoms with Crippen LogP contribution in [0.2, 0.25) is 0 Å². The zero-order valence-electron chi connectivity index (χ0n) is 10.6. The van der Waals surface area contributed by atoms with Gasteiger partial charge in [-0.3, -0.25) is 4.98 Å². The van der Waals surface area contributed by atoms with Crippen LogP contribution in [0.1, 0.15) is 31.1 Å². The summed E-state index contributed by atoms with van der Waals surface area (Å²) in [5.74, 6) is 0. The summed E-state index contributed by atoms with van der Waals surface area (Å²) in [6, 6.07) is 6.48. The highest BCUT2D eigenvalue weighted by atomic mass is 79.9. The molecule has 3 nitrogen and oxygen atoms in total. The maximum Gasteiger partial charge on any atom is 0.102 e. The topological polar surface area (TPSA) is 41.6 Å². The Balaban J connectivity index is 2.79. The molecule has 4 heteroatoms. The van der Waals surface area contributed by atoms with Gasteiger partial charge in [0.2, 0.25) is 0 Å². The molecule has 0 spiro atoms. The summed E-state index contributed by atoms with van der Waals surface area (Å²) < 4.78 is 3.04. The van der Waals surface area contributed by atoms with E-state index in [2.05, 4.69) is 45.4 Å². The fourth-order valence-corrected chi connectivity index (χ4v) is 3.02. The summed E-state index contributed by atoms with van der Waals surface area (Å²) in [5, 5.41) is 9.26. The number of hydrogen-bond acceptors (Lipinski definition) is 2. The Kier molecular flexibility index (Phi) is 3.53. The van der Waals surface area contributed by atoms with Gasteiger partial charge in [0.15, 0.2) is 0 Å². The molecule has 0 aliphatic carbocycles. The molecule has 0 radical (unpaired) electrons. The zero-order valence-corrected chi connectivity index (χ0v) is 12.2. The zero-order chi connectivity index (χ0) is 13.3. The normalized spacial score (nSPS) is 10.7. The van der Waals surface area contributed by atoms with E-state index in [1.807, 2.05) is 19.1 Å². The van der Waals surface area contributed by atoms with Crippen LogP contribution in [0.15, 0.2) is 29.0 Å². The van der Waals surface area contributed by atoms with Crippen LogP contribution in [-0.2, 0) is 0 Å². The number of aromatic nitrogens is 2. The molecule has 2 rings (SSSR count). The van der Waals surface area contributed by atoms with E-state index in [-0.39, 0.29) is 0 Å². The molecule has 0 fully saturated rings. The molecule has 0 aliphatic rings. The lowest BCUT2D eigenvalue weighted by atomic mass is 10.2. The minimum absolute atomic E-state index is 0.298.